The summed E-state index contributed by atoms with van der Waals surface area (Å²) >= 11 is 0. The van der Waals surface area contributed by atoms with Crippen molar-refractivity contribution in [1.29, 1.82) is 0 Å². The molecule has 0 aliphatic rings. The van der Waals surface area contributed by atoms with Gasteiger partial charge in [-0.2, -0.15) is 0 Å². The molecule has 0 heterocycles. The summed E-state index contributed by atoms with van der Waals surface area (Å²) in [5, 5.41) is 0.336. The maximum atomic E-state index is 6.24. The Morgan fingerprint density at radius 3 is 1.48 bits per heavy atom. The number of rotatable bonds is 16. The molecular weight excluding hydrogens is 344 g/mol. The highest BCUT2D eigenvalue weighted by Gasteiger charge is 2.36. The van der Waals surface area contributed by atoms with Gasteiger partial charge in [-0.3, -0.25) is 0 Å². The molecule has 160 valence electrons. The molecule has 0 radical (unpaired) electrons. The molecule has 0 spiro atoms. The lowest BCUT2D eigenvalue weighted by Crippen LogP contribution is -2.40. The Morgan fingerprint density at radius 2 is 1.04 bits per heavy atom. The molecule has 0 aromatic heterocycles. The molecule has 0 aliphatic carbocycles. The van der Waals surface area contributed by atoms with Gasteiger partial charge < -0.3 is 4.43 Å². The maximum absolute atomic E-state index is 6.24. The van der Waals surface area contributed by atoms with Crippen molar-refractivity contribution < 1.29 is 4.43 Å². The Balaban J connectivity index is 3.32. The van der Waals surface area contributed by atoms with Gasteiger partial charge in [0.15, 0.2) is 8.32 Å². The predicted octanol–water partition coefficient (Wildman–Crippen LogP) is 8.88. The van der Waals surface area contributed by atoms with Crippen LogP contribution in [0.25, 0.3) is 0 Å². The van der Waals surface area contributed by atoms with Gasteiger partial charge in [0.2, 0.25) is 0 Å². The highest BCUT2D eigenvalue weighted by molar-refractivity contribution is 6.74. The van der Waals surface area contributed by atoms with Crippen LogP contribution in [0.5, 0.6) is 0 Å². The van der Waals surface area contributed by atoms with Gasteiger partial charge in [-0.25, -0.2) is 0 Å². The third-order valence-corrected chi connectivity index (χ3v) is 10.5. The zero-order valence-electron chi connectivity index (χ0n) is 19.7. The van der Waals surface area contributed by atoms with Gasteiger partial charge in [0.25, 0.3) is 0 Å². The molecule has 2 heteroatoms. The van der Waals surface area contributed by atoms with Gasteiger partial charge >= 0.3 is 0 Å². The molecule has 0 saturated heterocycles. The molecule has 0 aromatic rings. The SMILES string of the molecule is CCCCCCCCCC#CCCCCCCCCO[Si](C)(C)C(C)(C)C. The Labute approximate surface area is 173 Å². The van der Waals surface area contributed by atoms with E-state index in [-0.39, 0.29) is 0 Å². The summed E-state index contributed by atoms with van der Waals surface area (Å²) in [5.41, 5.74) is 0. The van der Waals surface area contributed by atoms with Crippen molar-refractivity contribution >= 4 is 8.32 Å². The molecule has 27 heavy (non-hydrogen) atoms. The highest BCUT2D eigenvalue weighted by Crippen LogP contribution is 2.36. The normalized spacial score (nSPS) is 12.1. The first-order chi connectivity index (χ1) is 12.8. The second-order valence-electron chi connectivity index (χ2n) is 9.70. The van der Waals surface area contributed by atoms with Crippen molar-refractivity contribution in [3.63, 3.8) is 0 Å². The Bertz CT molecular complexity index is 383. The van der Waals surface area contributed by atoms with Crippen LogP contribution in [-0.4, -0.2) is 14.9 Å². The van der Waals surface area contributed by atoms with Gasteiger partial charge in [0.05, 0.1) is 0 Å². The predicted molar refractivity (Wildman–Crippen MR) is 126 cm³/mol. The van der Waals surface area contributed by atoms with Crippen LogP contribution in [0, 0.1) is 11.8 Å². The molecule has 0 aromatic carbocycles. The van der Waals surface area contributed by atoms with Gasteiger partial charge in [-0.05, 0) is 37.4 Å². The van der Waals surface area contributed by atoms with Gasteiger partial charge in [-0.15, -0.1) is 11.8 Å². The number of unbranched alkanes of at least 4 members (excludes halogenated alkanes) is 13. The highest BCUT2D eigenvalue weighted by atomic mass is 28.4. The molecule has 1 nitrogen and oxygen atoms in total. The largest absolute Gasteiger partial charge is 0.417 e. The van der Waals surface area contributed by atoms with E-state index < -0.39 is 8.32 Å². The van der Waals surface area contributed by atoms with Crippen LogP contribution in [0.3, 0.4) is 0 Å². The summed E-state index contributed by atoms with van der Waals surface area (Å²) in [6.45, 7) is 14.9. The van der Waals surface area contributed by atoms with E-state index in [0.717, 1.165) is 19.4 Å². The van der Waals surface area contributed by atoms with Crippen molar-refractivity contribution in [3.8, 4) is 11.8 Å². The van der Waals surface area contributed by atoms with E-state index in [1.165, 1.54) is 83.5 Å². The van der Waals surface area contributed by atoms with Crippen LogP contribution in [0.1, 0.15) is 124 Å². The first-order valence-corrected chi connectivity index (χ1v) is 14.8. The second kappa shape index (κ2) is 16.7. The number of hydrogen-bond donors (Lipinski definition) is 0. The quantitative estimate of drug-likeness (QED) is 0.144. The zero-order chi connectivity index (χ0) is 20.4. The minimum atomic E-state index is -1.53. The molecule has 0 amide bonds. The van der Waals surface area contributed by atoms with Crippen molar-refractivity contribution in [1.82, 2.24) is 0 Å². The Hall–Kier alpha value is -0.263. The fourth-order valence-electron chi connectivity index (χ4n) is 2.91. The van der Waals surface area contributed by atoms with Gasteiger partial charge in [0, 0.05) is 19.4 Å². The fraction of sp³-hybridized carbons (Fsp3) is 0.920. The average Bonchev–Trinajstić information content (AvgIpc) is 2.59. The smallest absolute Gasteiger partial charge is 0.191 e. The van der Waals surface area contributed by atoms with Gasteiger partial charge in [0.1, 0.15) is 0 Å². The monoisotopic (exact) mass is 394 g/mol. The first-order valence-electron chi connectivity index (χ1n) is 11.9. The maximum Gasteiger partial charge on any atom is 0.191 e. The van der Waals surface area contributed by atoms with E-state index in [0.29, 0.717) is 5.04 Å². The molecule has 0 bridgehead atoms. The molecule has 0 N–H and O–H groups in total. The Kier molecular flexibility index (Phi) is 16.5. The van der Waals surface area contributed by atoms with E-state index >= 15 is 0 Å². The molecular formula is C25H50OSi. The van der Waals surface area contributed by atoms with Gasteiger partial charge in [-0.1, -0.05) is 91.9 Å². The summed E-state index contributed by atoms with van der Waals surface area (Å²) in [5.74, 6) is 6.74. The third-order valence-electron chi connectivity index (χ3n) is 6.00. The Morgan fingerprint density at radius 1 is 0.630 bits per heavy atom. The van der Waals surface area contributed by atoms with Crippen LogP contribution in [0.2, 0.25) is 18.1 Å². The first kappa shape index (κ1) is 26.7. The summed E-state index contributed by atoms with van der Waals surface area (Å²) in [7, 11) is -1.53. The van der Waals surface area contributed by atoms with E-state index in [1.807, 2.05) is 0 Å². The average molecular weight is 395 g/mol. The summed E-state index contributed by atoms with van der Waals surface area (Å²) < 4.78 is 6.24. The molecule has 0 rings (SSSR count). The lowest BCUT2D eigenvalue weighted by Gasteiger charge is -2.36. The van der Waals surface area contributed by atoms with E-state index in [4.69, 9.17) is 4.43 Å². The third kappa shape index (κ3) is 16.4. The summed E-state index contributed by atoms with van der Waals surface area (Å²) in [6, 6.07) is 0. The van der Waals surface area contributed by atoms with E-state index in [9.17, 15) is 0 Å². The van der Waals surface area contributed by atoms with Crippen molar-refractivity contribution in [2.24, 2.45) is 0 Å². The van der Waals surface area contributed by atoms with Crippen LogP contribution in [0.4, 0.5) is 0 Å². The van der Waals surface area contributed by atoms with Crippen LogP contribution in [-0.2, 0) is 4.43 Å². The van der Waals surface area contributed by atoms with E-state index in [2.05, 4.69) is 52.6 Å². The molecule has 0 unspecified atom stereocenters. The van der Waals surface area contributed by atoms with Crippen molar-refractivity contribution in [2.45, 2.75) is 142 Å². The summed E-state index contributed by atoms with van der Waals surface area (Å²) in [6.07, 6.45) is 19.8. The second-order valence-corrected chi connectivity index (χ2v) is 14.5. The van der Waals surface area contributed by atoms with Crippen LogP contribution < -0.4 is 0 Å². The van der Waals surface area contributed by atoms with Crippen molar-refractivity contribution in [2.75, 3.05) is 6.61 Å². The fourth-order valence-corrected chi connectivity index (χ4v) is 4.00. The molecule has 0 atom stereocenters. The topological polar surface area (TPSA) is 9.23 Å². The van der Waals surface area contributed by atoms with E-state index in [1.54, 1.807) is 0 Å². The zero-order valence-corrected chi connectivity index (χ0v) is 20.7. The minimum Gasteiger partial charge on any atom is -0.417 e. The molecule has 0 fully saturated rings. The molecule has 0 aliphatic heterocycles. The lowest BCUT2D eigenvalue weighted by atomic mass is 10.1. The standard InChI is InChI=1S/C25H50OSi/c1-7-8-9-10-11-12-13-14-15-16-17-18-19-20-21-22-23-24-26-27(5,6)25(2,3)4/h7-14,17-24H2,1-6H3. The minimum absolute atomic E-state index is 0.336. The lowest BCUT2D eigenvalue weighted by molar-refractivity contribution is 0.277. The summed E-state index contributed by atoms with van der Waals surface area (Å²) in [4.78, 5) is 0. The van der Waals surface area contributed by atoms with Crippen molar-refractivity contribution in [3.05, 3.63) is 0 Å². The van der Waals surface area contributed by atoms with Crippen LogP contribution in [0.15, 0.2) is 0 Å². The number of hydrogen-bond acceptors (Lipinski definition) is 1. The molecule has 0 saturated carbocycles. The van der Waals surface area contributed by atoms with Crippen LogP contribution >= 0.6 is 0 Å².